The summed E-state index contributed by atoms with van der Waals surface area (Å²) in [6.07, 6.45) is 7.31. The smallest absolute Gasteiger partial charge is 0.253 e. The van der Waals surface area contributed by atoms with Crippen molar-refractivity contribution in [3.05, 3.63) is 29.0 Å². The summed E-state index contributed by atoms with van der Waals surface area (Å²) in [5.41, 5.74) is 0.502. The van der Waals surface area contributed by atoms with Crippen LogP contribution in [0.1, 0.15) is 36.0 Å². The van der Waals surface area contributed by atoms with Crippen LogP contribution in [0.15, 0.2) is 18.5 Å². The average Bonchev–Trinajstić information content (AvgIpc) is 2.40. The molecule has 1 amide bonds. The molecule has 1 aliphatic rings. The van der Waals surface area contributed by atoms with E-state index in [0.29, 0.717) is 16.6 Å². The Bertz CT molecular complexity index is 416. The van der Waals surface area contributed by atoms with Crippen LogP contribution in [0.3, 0.4) is 0 Å². The third-order valence-electron chi connectivity index (χ3n) is 3.49. The monoisotopic (exact) mass is 267 g/mol. The summed E-state index contributed by atoms with van der Waals surface area (Å²) in [5, 5.41) is 6.72. The van der Waals surface area contributed by atoms with Gasteiger partial charge in [-0.3, -0.25) is 9.78 Å². The van der Waals surface area contributed by atoms with Crippen molar-refractivity contribution >= 4 is 17.5 Å². The highest BCUT2D eigenvalue weighted by Crippen LogP contribution is 2.20. The lowest BCUT2D eigenvalue weighted by Gasteiger charge is -2.28. The van der Waals surface area contributed by atoms with Gasteiger partial charge in [0.1, 0.15) is 0 Å². The first-order valence-electron chi connectivity index (χ1n) is 6.28. The van der Waals surface area contributed by atoms with Crippen LogP contribution in [0.4, 0.5) is 0 Å². The summed E-state index contributed by atoms with van der Waals surface area (Å²) in [6, 6.07) is 2.49. The molecule has 0 saturated heterocycles. The van der Waals surface area contributed by atoms with Gasteiger partial charge in [-0.1, -0.05) is 11.6 Å². The molecule has 0 atom stereocenters. The van der Waals surface area contributed by atoms with Gasteiger partial charge >= 0.3 is 0 Å². The first kappa shape index (κ1) is 13.3. The Kier molecular flexibility index (Phi) is 4.55. The minimum absolute atomic E-state index is 0.102. The SMILES string of the molecule is CNC1CCC(NC(=O)c2ccncc2Cl)CC1. The summed E-state index contributed by atoms with van der Waals surface area (Å²) >= 11 is 5.95. The van der Waals surface area contributed by atoms with Gasteiger partial charge in [-0.05, 0) is 38.8 Å². The van der Waals surface area contributed by atoms with Crippen LogP contribution in [-0.2, 0) is 0 Å². The van der Waals surface area contributed by atoms with Crippen LogP contribution >= 0.6 is 11.6 Å². The lowest BCUT2D eigenvalue weighted by atomic mass is 9.91. The number of amides is 1. The average molecular weight is 268 g/mol. The molecule has 1 aliphatic carbocycles. The first-order chi connectivity index (χ1) is 8.70. The second kappa shape index (κ2) is 6.16. The standard InChI is InChI=1S/C13H18ClN3O/c1-15-9-2-4-10(5-3-9)17-13(18)11-6-7-16-8-12(11)14/h6-10,15H,2-5H2,1H3,(H,17,18). The molecule has 0 spiro atoms. The Labute approximate surface area is 112 Å². The van der Waals surface area contributed by atoms with E-state index in [9.17, 15) is 4.79 Å². The summed E-state index contributed by atoms with van der Waals surface area (Å²) in [4.78, 5) is 15.9. The molecule has 0 aromatic carbocycles. The van der Waals surface area contributed by atoms with Crippen molar-refractivity contribution in [2.24, 2.45) is 0 Å². The predicted molar refractivity (Wildman–Crippen MR) is 71.8 cm³/mol. The molecule has 0 bridgehead atoms. The third-order valence-corrected chi connectivity index (χ3v) is 3.79. The number of carbonyl (C=O) groups is 1. The first-order valence-corrected chi connectivity index (χ1v) is 6.66. The Morgan fingerprint density at radius 3 is 2.61 bits per heavy atom. The number of carbonyl (C=O) groups excluding carboxylic acids is 1. The van der Waals surface area contributed by atoms with Crippen LogP contribution in [0.2, 0.25) is 5.02 Å². The fraction of sp³-hybridized carbons (Fsp3) is 0.538. The van der Waals surface area contributed by atoms with E-state index in [1.807, 2.05) is 7.05 Å². The van der Waals surface area contributed by atoms with Gasteiger partial charge in [0.25, 0.3) is 5.91 Å². The Hall–Kier alpha value is -1.13. The molecule has 1 aromatic heterocycles. The van der Waals surface area contributed by atoms with E-state index in [4.69, 9.17) is 11.6 Å². The molecule has 2 N–H and O–H groups in total. The number of nitrogens with zero attached hydrogens (tertiary/aromatic N) is 1. The largest absolute Gasteiger partial charge is 0.349 e. The zero-order chi connectivity index (χ0) is 13.0. The van der Waals surface area contributed by atoms with Crippen LogP contribution in [0.25, 0.3) is 0 Å². The fourth-order valence-electron chi connectivity index (χ4n) is 2.35. The normalized spacial score (nSPS) is 23.7. The molecule has 5 heteroatoms. The third kappa shape index (κ3) is 3.21. The lowest BCUT2D eigenvalue weighted by molar-refractivity contribution is 0.0924. The molecule has 0 aliphatic heterocycles. The molecule has 1 aromatic rings. The van der Waals surface area contributed by atoms with Crippen LogP contribution in [-0.4, -0.2) is 30.0 Å². The van der Waals surface area contributed by atoms with E-state index >= 15 is 0 Å². The maximum absolute atomic E-state index is 12.0. The van der Waals surface area contributed by atoms with Crippen molar-refractivity contribution < 1.29 is 4.79 Å². The van der Waals surface area contributed by atoms with Crippen LogP contribution in [0.5, 0.6) is 0 Å². The molecule has 2 rings (SSSR count). The minimum Gasteiger partial charge on any atom is -0.349 e. The van der Waals surface area contributed by atoms with E-state index in [1.54, 1.807) is 12.3 Å². The highest BCUT2D eigenvalue weighted by atomic mass is 35.5. The van der Waals surface area contributed by atoms with Gasteiger partial charge in [-0.25, -0.2) is 0 Å². The van der Waals surface area contributed by atoms with Gasteiger partial charge < -0.3 is 10.6 Å². The van der Waals surface area contributed by atoms with E-state index < -0.39 is 0 Å². The molecular formula is C13H18ClN3O. The van der Waals surface area contributed by atoms with Crippen molar-refractivity contribution in [3.8, 4) is 0 Å². The molecule has 1 fully saturated rings. The molecule has 1 saturated carbocycles. The molecule has 18 heavy (non-hydrogen) atoms. The van der Waals surface area contributed by atoms with Crippen molar-refractivity contribution in [2.45, 2.75) is 37.8 Å². The number of hydrogen-bond donors (Lipinski definition) is 2. The number of nitrogens with one attached hydrogen (secondary N) is 2. The van der Waals surface area contributed by atoms with Crippen molar-refractivity contribution in [3.63, 3.8) is 0 Å². The van der Waals surface area contributed by atoms with Crippen molar-refractivity contribution in [1.82, 2.24) is 15.6 Å². The Balaban J connectivity index is 1.91. The van der Waals surface area contributed by atoms with Gasteiger partial charge in [-0.2, -0.15) is 0 Å². The van der Waals surface area contributed by atoms with Gasteiger partial charge in [0.05, 0.1) is 10.6 Å². The van der Waals surface area contributed by atoms with E-state index in [0.717, 1.165) is 25.7 Å². The highest BCUT2D eigenvalue weighted by Gasteiger charge is 2.22. The molecule has 0 radical (unpaired) electrons. The topological polar surface area (TPSA) is 54.0 Å². The molecular weight excluding hydrogens is 250 g/mol. The van der Waals surface area contributed by atoms with Gasteiger partial charge in [0, 0.05) is 24.5 Å². The zero-order valence-corrected chi connectivity index (χ0v) is 11.2. The van der Waals surface area contributed by atoms with Crippen LogP contribution < -0.4 is 10.6 Å². The number of halogens is 1. The summed E-state index contributed by atoms with van der Waals surface area (Å²) in [5.74, 6) is -0.102. The second-order valence-corrected chi connectivity index (χ2v) is 5.07. The maximum atomic E-state index is 12.0. The van der Waals surface area contributed by atoms with E-state index in [1.165, 1.54) is 6.20 Å². The molecule has 0 unspecified atom stereocenters. The highest BCUT2D eigenvalue weighted by molar-refractivity contribution is 6.33. The Morgan fingerprint density at radius 2 is 2.00 bits per heavy atom. The zero-order valence-electron chi connectivity index (χ0n) is 10.4. The van der Waals surface area contributed by atoms with E-state index in [2.05, 4.69) is 15.6 Å². The second-order valence-electron chi connectivity index (χ2n) is 4.67. The Morgan fingerprint density at radius 1 is 1.33 bits per heavy atom. The summed E-state index contributed by atoms with van der Waals surface area (Å²) in [6.45, 7) is 0. The molecule has 4 nitrogen and oxygen atoms in total. The van der Waals surface area contributed by atoms with Gasteiger partial charge in [0.15, 0.2) is 0 Å². The van der Waals surface area contributed by atoms with Crippen LogP contribution in [0, 0.1) is 0 Å². The summed E-state index contributed by atoms with van der Waals surface area (Å²) < 4.78 is 0. The fourth-order valence-corrected chi connectivity index (χ4v) is 2.55. The number of hydrogen-bond acceptors (Lipinski definition) is 3. The number of pyridine rings is 1. The quantitative estimate of drug-likeness (QED) is 0.881. The molecule has 1 heterocycles. The van der Waals surface area contributed by atoms with E-state index in [-0.39, 0.29) is 11.9 Å². The number of rotatable bonds is 3. The van der Waals surface area contributed by atoms with Gasteiger partial charge in [0.2, 0.25) is 0 Å². The lowest BCUT2D eigenvalue weighted by Crippen LogP contribution is -2.41. The van der Waals surface area contributed by atoms with Crippen molar-refractivity contribution in [1.29, 1.82) is 0 Å². The predicted octanol–water partition coefficient (Wildman–Crippen LogP) is 2.00. The van der Waals surface area contributed by atoms with Crippen molar-refractivity contribution in [2.75, 3.05) is 7.05 Å². The number of aromatic nitrogens is 1. The van der Waals surface area contributed by atoms with Gasteiger partial charge in [-0.15, -0.1) is 0 Å². The minimum atomic E-state index is -0.102. The maximum Gasteiger partial charge on any atom is 0.253 e. The summed E-state index contributed by atoms with van der Waals surface area (Å²) in [7, 11) is 1.99. The molecule has 98 valence electrons.